The number of carbonyl (C=O) groups is 2. The van der Waals surface area contributed by atoms with Gasteiger partial charge in [-0.3, -0.25) is 14.5 Å². The minimum absolute atomic E-state index is 0.0310. The van der Waals surface area contributed by atoms with E-state index in [4.69, 9.17) is 14.4 Å². The average molecular weight is 433 g/mol. The highest BCUT2D eigenvalue weighted by Crippen LogP contribution is 2.34. The molecule has 0 unspecified atom stereocenters. The monoisotopic (exact) mass is 432 g/mol. The van der Waals surface area contributed by atoms with Gasteiger partial charge in [-0.25, -0.2) is 9.97 Å². The number of likely N-dealkylation sites (N-methyl/N-ethyl adjacent to an activating group) is 1. The first-order chi connectivity index (χ1) is 15.3. The lowest BCUT2D eigenvalue weighted by Gasteiger charge is -2.35. The first kappa shape index (κ1) is 20.7. The molecular weight excluding hydrogens is 404 g/mol. The summed E-state index contributed by atoms with van der Waals surface area (Å²) in [4.78, 5) is 38.6. The third-order valence-corrected chi connectivity index (χ3v) is 6.96. The summed E-state index contributed by atoms with van der Waals surface area (Å²) < 4.78 is 5.74. The highest BCUT2D eigenvalue weighted by atomic mass is 16.3. The zero-order valence-electron chi connectivity index (χ0n) is 19.1. The second-order valence-electron chi connectivity index (χ2n) is 9.07. The lowest BCUT2D eigenvalue weighted by Crippen LogP contribution is -2.40. The van der Waals surface area contributed by atoms with Gasteiger partial charge in [-0.05, 0) is 63.3 Å². The molecule has 1 atom stereocenters. The summed E-state index contributed by atoms with van der Waals surface area (Å²) in [6.45, 7) is 6.74. The molecular formula is C25H28N4O3. The minimum Gasteiger partial charge on any atom is -0.464 e. The lowest BCUT2D eigenvalue weighted by molar-refractivity contribution is -0.134. The maximum Gasteiger partial charge on any atom is 0.232 e. The number of likely N-dealkylation sites (tertiary alicyclic amines) is 1. The third-order valence-electron chi connectivity index (χ3n) is 6.96. The SMILES string of the molecule is Cc1cc2occ(CC(=O)N3CCCC[C@H]3c3nc(C)c4c(n3)N(C)C(=O)C4)c2cc1C. The molecule has 3 aromatic rings. The van der Waals surface area contributed by atoms with E-state index in [9.17, 15) is 9.59 Å². The molecule has 1 saturated heterocycles. The highest BCUT2D eigenvalue weighted by molar-refractivity contribution is 6.00. The summed E-state index contributed by atoms with van der Waals surface area (Å²) in [5.41, 5.74) is 5.81. The molecule has 5 rings (SSSR count). The molecule has 2 aromatic heterocycles. The number of furan rings is 1. The van der Waals surface area contributed by atoms with Gasteiger partial charge in [-0.1, -0.05) is 0 Å². The molecule has 0 spiro atoms. The number of nitrogens with zero attached hydrogens (tertiary/aromatic N) is 4. The van der Waals surface area contributed by atoms with Crippen LogP contribution in [0.1, 0.15) is 59.1 Å². The molecule has 0 bridgehead atoms. The van der Waals surface area contributed by atoms with Crippen molar-refractivity contribution in [1.82, 2.24) is 14.9 Å². The zero-order valence-corrected chi connectivity index (χ0v) is 19.1. The maximum absolute atomic E-state index is 13.4. The fourth-order valence-electron chi connectivity index (χ4n) is 4.86. The Hall–Kier alpha value is -3.22. The van der Waals surface area contributed by atoms with E-state index in [1.807, 2.05) is 17.9 Å². The molecule has 166 valence electrons. The smallest absolute Gasteiger partial charge is 0.232 e. The van der Waals surface area contributed by atoms with Gasteiger partial charge >= 0.3 is 0 Å². The Labute approximate surface area is 187 Å². The molecule has 0 radical (unpaired) electrons. The molecule has 7 heteroatoms. The number of amides is 2. The van der Waals surface area contributed by atoms with Gasteiger partial charge in [0.05, 0.1) is 25.1 Å². The topological polar surface area (TPSA) is 79.5 Å². The lowest BCUT2D eigenvalue weighted by atomic mass is 9.99. The van der Waals surface area contributed by atoms with Gasteiger partial charge in [0.15, 0.2) is 5.82 Å². The summed E-state index contributed by atoms with van der Waals surface area (Å²) in [5, 5.41) is 1.000. The fraction of sp³-hybridized carbons (Fsp3) is 0.440. The average Bonchev–Trinajstić information content (AvgIpc) is 3.29. The van der Waals surface area contributed by atoms with E-state index in [0.717, 1.165) is 47.1 Å². The van der Waals surface area contributed by atoms with Gasteiger partial charge in [0, 0.05) is 35.8 Å². The first-order valence-electron chi connectivity index (χ1n) is 11.2. The standard InChI is InChI=1S/C25H28N4O3/c1-14-9-19-17(13-32-21(19)10-15(14)2)11-23(31)29-8-6-5-7-20(29)24-26-16(3)18-12-22(30)28(4)25(18)27-24/h9-10,13,20H,5-8,11-12H2,1-4H3/t20-/m0/s1. The van der Waals surface area contributed by atoms with Crippen molar-refractivity contribution in [2.24, 2.45) is 0 Å². The molecule has 0 saturated carbocycles. The highest BCUT2D eigenvalue weighted by Gasteiger charge is 2.34. The first-order valence-corrected chi connectivity index (χ1v) is 11.2. The Morgan fingerprint density at radius 1 is 1.16 bits per heavy atom. The van der Waals surface area contributed by atoms with E-state index in [1.54, 1.807) is 18.2 Å². The van der Waals surface area contributed by atoms with Crippen molar-refractivity contribution < 1.29 is 14.0 Å². The number of benzene rings is 1. The second-order valence-corrected chi connectivity index (χ2v) is 9.07. The number of anilines is 1. The quantitative estimate of drug-likeness (QED) is 0.626. The molecule has 7 nitrogen and oxygen atoms in total. The third kappa shape index (κ3) is 3.36. The predicted octanol–water partition coefficient (Wildman–Crippen LogP) is 3.96. The number of piperidine rings is 1. The normalized spacial score (nSPS) is 18.5. The van der Waals surface area contributed by atoms with Crippen LogP contribution in [-0.4, -0.2) is 40.3 Å². The summed E-state index contributed by atoms with van der Waals surface area (Å²) >= 11 is 0. The van der Waals surface area contributed by atoms with Crippen molar-refractivity contribution >= 4 is 28.6 Å². The number of rotatable bonds is 3. The summed E-state index contributed by atoms with van der Waals surface area (Å²) in [6, 6.07) is 3.96. The van der Waals surface area contributed by atoms with E-state index in [-0.39, 0.29) is 24.3 Å². The van der Waals surface area contributed by atoms with Crippen LogP contribution in [0.3, 0.4) is 0 Å². The number of fused-ring (bicyclic) bond motifs is 2. The van der Waals surface area contributed by atoms with Crippen molar-refractivity contribution in [2.75, 3.05) is 18.5 Å². The van der Waals surface area contributed by atoms with E-state index in [2.05, 4.69) is 19.9 Å². The number of aryl methyl sites for hydroxylation is 3. The van der Waals surface area contributed by atoms with Crippen LogP contribution < -0.4 is 4.90 Å². The zero-order chi connectivity index (χ0) is 22.6. The summed E-state index contributed by atoms with van der Waals surface area (Å²) in [5.74, 6) is 1.41. The van der Waals surface area contributed by atoms with E-state index < -0.39 is 0 Å². The summed E-state index contributed by atoms with van der Waals surface area (Å²) in [7, 11) is 1.75. The second kappa shape index (κ2) is 7.73. The minimum atomic E-state index is -0.175. The molecule has 1 aromatic carbocycles. The molecule has 2 amide bonds. The van der Waals surface area contributed by atoms with Gasteiger partial charge in [0.1, 0.15) is 11.4 Å². The van der Waals surface area contributed by atoms with E-state index in [1.165, 1.54) is 11.1 Å². The molecule has 1 fully saturated rings. The Bertz CT molecular complexity index is 1250. The van der Waals surface area contributed by atoms with Crippen molar-refractivity contribution in [3.63, 3.8) is 0 Å². The van der Waals surface area contributed by atoms with Crippen LogP contribution in [-0.2, 0) is 22.4 Å². The van der Waals surface area contributed by atoms with Gasteiger partial charge < -0.3 is 9.32 Å². The largest absolute Gasteiger partial charge is 0.464 e. The van der Waals surface area contributed by atoms with Gasteiger partial charge in [0.25, 0.3) is 0 Å². The number of carbonyl (C=O) groups excluding carboxylic acids is 2. The van der Waals surface area contributed by atoms with Crippen LogP contribution >= 0.6 is 0 Å². The number of aromatic nitrogens is 2. The van der Waals surface area contributed by atoms with Crippen LogP contribution in [0.5, 0.6) is 0 Å². The van der Waals surface area contributed by atoms with Gasteiger partial charge in [-0.2, -0.15) is 0 Å². The van der Waals surface area contributed by atoms with Crippen molar-refractivity contribution in [1.29, 1.82) is 0 Å². The molecule has 0 N–H and O–H groups in total. The fourth-order valence-corrected chi connectivity index (χ4v) is 4.86. The van der Waals surface area contributed by atoms with Gasteiger partial charge in [0.2, 0.25) is 11.8 Å². The van der Waals surface area contributed by atoms with E-state index in [0.29, 0.717) is 24.6 Å². The molecule has 0 aliphatic carbocycles. The Balaban J connectivity index is 1.45. The maximum atomic E-state index is 13.4. The van der Waals surface area contributed by atoms with Crippen LogP contribution in [0.2, 0.25) is 0 Å². The molecule has 4 heterocycles. The predicted molar refractivity (Wildman–Crippen MR) is 122 cm³/mol. The Kier molecular flexibility index (Phi) is 4.99. The summed E-state index contributed by atoms with van der Waals surface area (Å²) in [6.07, 6.45) is 5.15. The van der Waals surface area contributed by atoms with Gasteiger partial charge in [-0.15, -0.1) is 0 Å². The van der Waals surface area contributed by atoms with Crippen LogP contribution in [0.4, 0.5) is 5.82 Å². The van der Waals surface area contributed by atoms with Crippen molar-refractivity contribution in [2.45, 2.75) is 58.9 Å². The van der Waals surface area contributed by atoms with Crippen LogP contribution in [0.25, 0.3) is 11.0 Å². The molecule has 2 aliphatic rings. The molecule has 2 aliphatic heterocycles. The Morgan fingerprint density at radius 3 is 2.75 bits per heavy atom. The number of hydrogen-bond donors (Lipinski definition) is 0. The van der Waals surface area contributed by atoms with Crippen LogP contribution in [0.15, 0.2) is 22.8 Å². The van der Waals surface area contributed by atoms with Crippen molar-refractivity contribution in [3.8, 4) is 0 Å². The van der Waals surface area contributed by atoms with Crippen LogP contribution in [0, 0.1) is 20.8 Å². The Morgan fingerprint density at radius 2 is 1.94 bits per heavy atom. The van der Waals surface area contributed by atoms with Crippen molar-refractivity contribution in [3.05, 3.63) is 52.2 Å². The van der Waals surface area contributed by atoms with E-state index >= 15 is 0 Å². The number of hydrogen-bond acceptors (Lipinski definition) is 5. The molecule has 32 heavy (non-hydrogen) atoms.